The second kappa shape index (κ2) is 6.29. The third-order valence-electron chi connectivity index (χ3n) is 2.42. The van der Waals surface area contributed by atoms with Gasteiger partial charge in [-0.05, 0) is 17.5 Å². The van der Waals surface area contributed by atoms with Crippen LogP contribution < -0.4 is 9.47 Å². The van der Waals surface area contributed by atoms with Gasteiger partial charge in [-0.2, -0.15) is 0 Å². The van der Waals surface area contributed by atoms with E-state index in [9.17, 15) is 0 Å². The molecular weight excluding hydrogens is 224 g/mol. The summed E-state index contributed by atoms with van der Waals surface area (Å²) in [4.78, 5) is 0. The van der Waals surface area contributed by atoms with Gasteiger partial charge in [0.15, 0.2) is 0 Å². The van der Waals surface area contributed by atoms with Crippen molar-refractivity contribution in [1.29, 1.82) is 0 Å². The Hall–Kier alpha value is -1.70. The van der Waals surface area contributed by atoms with Crippen molar-refractivity contribution in [2.45, 2.75) is 20.8 Å². The van der Waals surface area contributed by atoms with E-state index >= 15 is 0 Å². The van der Waals surface area contributed by atoms with E-state index in [0.29, 0.717) is 0 Å². The summed E-state index contributed by atoms with van der Waals surface area (Å²) in [6, 6.07) is 5.79. The van der Waals surface area contributed by atoms with Gasteiger partial charge in [0.2, 0.25) is 0 Å². The Kier molecular flexibility index (Phi) is 5.02. The van der Waals surface area contributed by atoms with Gasteiger partial charge in [-0.3, -0.25) is 0 Å². The monoisotopic (exact) mass is 246 g/mol. The van der Waals surface area contributed by atoms with Crippen molar-refractivity contribution >= 4 is 6.08 Å². The molecule has 18 heavy (non-hydrogen) atoms. The molecule has 0 radical (unpaired) electrons. The quantitative estimate of drug-likeness (QED) is 0.737. The van der Waals surface area contributed by atoms with E-state index in [0.717, 1.165) is 17.1 Å². The minimum Gasteiger partial charge on any atom is -0.497 e. The average molecular weight is 246 g/mol. The zero-order chi connectivity index (χ0) is 13.6. The lowest BCUT2D eigenvalue weighted by atomic mass is 9.96. The fourth-order valence-electron chi connectivity index (χ4n) is 1.46. The Labute approximate surface area is 110 Å². The largest absolute Gasteiger partial charge is 0.497 e. The van der Waals surface area contributed by atoms with Crippen molar-refractivity contribution in [2.24, 2.45) is 5.41 Å². The molecule has 0 aliphatic heterocycles. The van der Waals surface area contributed by atoms with Gasteiger partial charge >= 0.3 is 0 Å². The van der Waals surface area contributed by atoms with Gasteiger partial charge in [0, 0.05) is 11.6 Å². The summed E-state index contributed by atoms with van der Waals surface area (Å²) in [6.45, 7) is 6.52. The van der Waals surface area contributed by atoms with Gasteiger partial charge < -0.3 is 9.47 Å². The average Bonchev–Trinajstić information content (AvgIpc) is 2.33. The van der Waals surface area contributed by atoms with Crippen LogP contribution in [0.3, 0.4) is 0 Å². The molecule has 0 bridgehead atoms. The van der Waals surface area contributed by atoms with Crippen LogP contribution in [0.2, 0.25) is 0 Å². The van der Waals surface area contributed by atoms with E-state index in [1.807, 2.05) is 30.4 Å². The molecule has 0 atom stereocenters. The minimum atomic E-state index is 0.203. The van der Waals surface area contributed by atoms with Gasteiger partial charge in [0.05, 0.1) is 14.2 Å². The molecule has 0 aliphatic rings. The van der Waals surface area contributed by atoms with Crippen LogP contribution in [0.5, 0.6) is 11.5 Å². The molecule has 0 fully saturated rings. The second-order valence-corrected chi connectivity index (χ2v) is 5.19. The fraction of sp³-hybridized carbons (Fsp3) is 0.375. The summed E-state index contributed by atoms with van der Waals surface area (Å²) >= 11 is 0. The van der Waals surface area contributed by atoms with Crippen molar-refractivity contribution in [2.75, 3.05) is 14.2 Å². The van der Waals surface area contributed by atoms with Crippen LogP contribution in [0.1, 0.15) is 26.3 Å². The van der Waals surface area contributed by atoms with E-state index < -0.39 is 0 Å². The van der Waals surface area contributed by atoms with Crippen LogP contribution in [-0.4, -0.2) is 14.2 Å². The fourth-order valence-corrected chi connectivity index (χ4v) is 1.46. The maximum absolute atomic E-state index is 5.33. The van der Waals surface area contributed by atoms with Gasteiger partial charge in [-0.25, -0.2) is 0 Å². The van der Waals surface area contributed by atoms with Gasteiger partial charge in [0.25, 0.3) is 0 Å². The zero-order valence-corrected chi connectivity index (χ0v) is 11.9. The highest BCUT2D eigenvalue weighted by atomic mass is 16.5. The predicted molar refractivity (Wildman–Crippen MR) is 77.2 cm³/mol. The van der Waals surface area contributed by atoms with Crippen LogP contribution in [0.25, 0.3) is 6.08 Å². The highest BCUT2D eigenvalue weighted by molar-refractivity contribution is 5.60. The first-order valence-electron chi connectivity index (χ1n) is 6.04. The van der Waals surface area contributed by atoms with E-state index in [4.69, 9.17) is 9.47 Å². The second-order valence-electron chi connectivity index (χ2n) is 5.19. The number of benzene rings is 1. The molecule has 0 aliphatic carbocycles. The first-order chi connectivity index (χ1) is 8.46. The third kappa shape index (κ3) is 4.66. The van der Waals surface area contributed by atoms with Crippen molar-refractivity contribution < 1.29 is 9.47 Å². The molecule has 0 amide bonds. The number of rotatable bonds is 4. The highest BCUT2D eigenvalue weighted by Gasteiger charge is 2.03. The lowest BCUT2D eigenvalue weighted by molar-refractivity contribution is 0.394. The Morgan fingerprint density at radius 2 is 1.72 bits per heavy atom. The minimum absolute atomic E-state index is 0.203. The van der Waals surface area contributed by atoms with Crippen molar-refractivity contribution in [3.8, 4) is 11.5 Å². The summed E-state index contributed by atoms with van der Waals surface area (Å²) in [6.07, 6.45) is 8.28. The van der Waals surface area contributed by atoms with Crippen LogP contribution >= 0.6 is 0 Å². The van der Waals surface area contributed by atoms with E-state index in [2.05, 4.69) is 32.9 Å². The van der Waals surface area contributed by atoms with Crippen molar-refractivity contribution in [3.05, 3.63) is 42.0 Å². The van der Waals surface area contributed by atoms with E-state index in [-0.39, 0.29) is 5.41 Å². The van der Waals surface area contributed by atoms with E-state index in [1.165, 1.54) is 0 Å². The Morgan fingerprint density at radius 3 is 2.28 bits per heavy atom. The molecule has 0 unspecified atom stereocenters. The summed E-state index contributed by atoms with van der Waals surface area (Å²) in [5.74, 6) is 1.61. The molecule has 1 rings (SSSR count). The first-order valence-corrected chi connectivity index (χ1v) is 6.04. The van der Waals surface area contributed by atoms with Gasteiger partial charge in [-0.1, -0.05) is 45.1 Å². The standard InChI is InChI=1S/C16H22O2/c1-16(2,3)11-7-6-8-13-9-10-14(17-4)12-15(13)18-5/h6-12H,1-5H3/b8-6+,11-7+. The number of hydrogen-bond donors (Lipinski definition) is 0. The molecule has 2 nitrogen and oxygen atoms in total. The van der Waals surface area contributed by atoms with Crippen molar-refractivity contribution in [1.82, 2.24) is 0 Å². The van der Waals surface area contributed by atoms with Crippen LogP contribution in [0.15, 0.2) is 36.4 Å². The van der Waals surface area contributed by atoms with Crippen LogP contribution in [0, 0.1) is 5.41 Å². The lowest BCUT2D eigenvalue weighted by Crippen LogP contribution is -1.97. The molecule has 1 aromatic carbocycles. The Morgan fingerprint density at radius 1 is 1.00 bits per heavy atom. The smallest absolute Gasteiger partial charge is 0.129 e. The molecule has 0 spiro atoms. The molecule has 0 aromatic heterocycles. The SMILES string of the molecule is COc1ccc(/C=C/C=C/C(C)(C)C)c(OC)c1. The van der Waals surface area contributed by atoms with Crippen LogP contribution in [-0.2, 0) is 0 Å². The van der Waals surface area contributed by atoms with Crippen LogP contribution in [0.4, 0.5) is 0 Å². The summed E-state index contributed by atoms with van der Waals surface area (Å²) < 4.78 is 10.5. The number of ether oxygens (including phenoxy) is 2. The molecule has 2 heteroatoms. The van der Waals surface area contributed by atoms with Gasteiger partial charge in [0.1, 0.15) is 11.5 Å². The molecular formula is C16H22O2. The Balaban J connectivity index is 2.84. The molecule has 0 saturated carbocycles. The first kappa shape index (κ1) is 14.4. The zero-order valence-electron chi connectivity index (χ0n) is 11.9. The number of hydrogen-bond acceptors (Lipinski definition) is 2. The van der Waals surface area contributed by atoms with Gasteiger partial charge in [-0.15, -0.1) is 0 Å². The summed E-state index contributed by atoms with van der Waals surface area (Å²) in [5, 5.41) is 0. The highest BCUT2D eigenvalue weighted by Crippen LogP contribution is 2.25. The normalized spacial score (nSPS) is 12.3. The maximum atomic E-state index is 5.33. The molecule has 0 heterocycles. The topological polar surface area (TPSA) is 18.5 Å². The number of methoxy groups -OCH3 is 2. The number of allylic oxidation sites excluding steroid dienone is 3. The van der Waals surface area contributed by atoms with Crippen molar-refractivity contribution in [3.63, 3.8) is 0 Å². The molecule has 98 valence electrons. The van der Waals surface area contributed by atoms with E-state index in [1.54, 1.807) is 14.2 Å². The third-order valence-corrected chi connectivity index (χ3v) is 2.42. The lowest BCUT2D eigenvalue weighted by Gasteiger charge is -2.10. The molecule has 1 aromatic rings. The molecule has 0 N–H and O–H groups in total. The summed E-state index contributed by atoms with van der Waals surface area (Å²) in [7, 11) is 3.31. The Bertz CT molecular complexity index is 437. The molecule has 0 saturated heterocycles. The summed E-state index contributed by atoms with van der Waals surface area (Å²) in [5.41, 5.74) is 1.24. The maximum Gasteiger partial charge on any atom is 0.129 e. The predicted octanol–water partition coefficient (Wildman–Crippen LogP) is 4.32.